The molecular weight excluding hydrogens is 176 g/mol. The molecule has 2 N–H and O–H groups in total. The van der Waals surface area contributed by atoms with Gasteiger partial charge in [0.25, 0.3) is 0 Å². The van der Waals surface area contributed by atoms with Crippen LogP contribution in [0.25, 0.3) is 0 Å². The minimum atomic E-state index is 0.302. The summed E-state index contributed by atoms with van der Waals surface area (Å²) in [7, 11) is 2.23. The van der Waals surface area contributed by atoms with E-state index in [1.807, 2.05) is 0 Å². The van der Waals surface area contributed by atoms with Crippen molar-refractivity contribution in [3.05, 3.63) is 0 Å². The number of aliphatic hydroxyl groups is 1. The molecule has 0 aromatic heterocycles. The fourth-order valence-electron chi connectivity index (χ4n) is 2.11. The van der Waals surface area contributed by atoms with E-state index in [0.717, 1.165) is 25.6 Å². The van der Waals surface area contributed by atoms with Crippen LogP contribution < -0.4 is 5.32 Å². The topological polar surface area (TPSA) is 35.5 Å². The lowest BCUT2D eigenvalue weighted by Gasteiger charge is -2.32. The molecule has 3 heteroatoms. The summed E-state index contributed by atoms with van der Waals surface area (Å²) < 4.78 is 0. The Morgan fingerprint density at radius 1 is 1.36 bits per heavy atom. The summed E-state index contributed by atoms with van der Waals surface area (Å²) in [6.45, 7) is 3.61. The normalized spacial score (nSPS) is 24.0. The fraction of sp³-hybridized carbons (Fsp3) is 1.00. The van der Waals surface area contributed by atoms with E-state index in [-0.39, 0.29) is 0 Å². The molecular formula is C11H24N2O. The monoisotopic (exact) mass is 200 g/mol. The number of hydrogen-bond donors (Lipinski definition) is 2. The highest BCUT2D eigenvalue weighted by Crippen LogP contribution is 2.16. The lowest BCUT2D eigenvalue weighted by atomic mass is 10.0. The van der Waals surface area contributed by atoms with E-state index in [1.54, 1.807) is 0 Å². The molecule has 1 aliphatic heterocycles. The quantitative estimate of drug-likeness (QED) is 0.624. The second-order valence-electron chi connectivity index (χ2n) is 4.25. The molecule has 0 radical (unpaired) electrons. The van der Waals surface area contributed by atoms with Gasteiger partial charge in [0.2, 0.25) is 0 Å². The fourth-order valence-corrected chi connectivity index (χ4v) is 2.11. The van der Waals surface area contributed by atoms with Crippen LogP contribution in [0.1, 0.15) is 32.1 Å². The first-order valence-electron chi connectivity index (χ1n) is 5.86. The lowest BCUT2D eigenvalue weighted by Crippen LogP contribution is -2.38. The average molecular weight is 200 g/mol. The zero-order valence-corrected chi connectivity index (χ0v) is 9.34. The highest BCUT2D eigenvalue weighted by atomic mass is 16.3. The molecule has 1 aliphatic rings. The van der Waals surface area contributed by atoms with Gasteiger partial charge in [0.15, 0.2) is 0 Å². The summed E-state index contributed by atoms with van der Waals surface area (Å²) >= 11 is 0. The van der Waals surface area contributed by atoms with Gasteiger partial charge in [-0.2, -0.15) is 0 Å². The van der Waals surface area contributed by atoms with Crippen molar-refractivity contribution in [3.8, 4) is 0 Å². The molecule has 3 nitrogen and oxygen atoms in total. The third kappa shape index (κ3) is 4.40. The maximum absolute atomic E-state index is 8.61. The van der Waals surface area contributed by atoms with E-state index in [9.17, 15) is 0 Å². The summed E-state index contributed by atoms with van der Waals surface area (Å²) in [6, 6.07) is 0.783. The van der Waals surface area contributed by atoms with Crippen LogP contribution in [0.2, 0.25) is 0 Å². The third-order valence-corrected chi connectivity index (χ3v) is 3.09. The van der Waals surface area contributed by atoms with Crippen molar-refractivity contribution in [2.24, 2.45) is 0 Å². The number of aliphatic hydroxyl groups excluding tert-OH is 1. The molecule has 1 heterocycles. The summed E-state index contributed by atoms with van der Waals surface area (Å²) in [5.74, 6) is 0. The number of piperidine rings is 1. The molecule has 1 saturated heterocycles. The zero-order chi connectivity index (χ0) is 10.2. The van der Waals surface area contributed by atoms with Crippen LogP contribution in [0, 0.1) is 0 Å². The molecule has 0 amide bonds. The number of nitrogens with one attached hydrogen (secondary N) is 1. The Hall–Kier alpha value is -0.120. The molecule has 0 spiro atoms. The first-order valence-corrected chi connectivity index (χ1v) is 5.86. The van der Waals surface area contributed by atoms with Crippen LogP contribution in [-0.4, -0.2) is 49.3 Å². The van der Waals surface area contributed by atoms with Gasteiger partial charge in [-0.25, -0.2) is 0 Å². The molecule has 84 valence electrons. The Bertz CT molecular complexity index is 141. The maximum Gasteiger partial charge on any atom is 0.0443 e. The van der Waals surface area contributed by atoms with Crippen LogP contribution in [0.5, 0.6) is 0 Å². The number of nitrogens with zero attached hydrogens (tertiary/aromatic N) is 1. The Kier molecular flexibility index (Phi) is 6.15. The first kappa shape index (κ1) is 12.0. The second-order valence-corrected chi connectivity index (χ2v) is 4.25. The van der Waals surface area contributed by atoms with Gasteiger partial charge < -0.3 is 15.3 Å². The smallest absolute Gasteiger partial charge is 0.0443 e. The molecule has 0 bridgehead atoms. The van der Waals surface area contributed by atoms with Gasteiger partial charge in [0, 0.05) is 12.6 Å². The van der Waals surface area contributed by atoms with E-state index in [4.69, 9.17) is 5.11 Å². The molecule has 0 aromatic rings. The van der Waals surface area contributed by atoms with E-state index < -0.39 is 0 Å². The maximum atomic E-state index is 8.61. The molecule has 1 unspecified atom stereocenters. The van der Waals surface area contributed by atoms with Crippen molar-refractivity contribution >= 4 is 0 Å². The van der Waals surface area contributed by atoms with E-state index in [2.05, 4.69) is 17.3 Å². The van der Waals surface area contributed by atoms with Crippen molar-refractivity contribution in [2.75, 3.05) is 33.3 Å². The summed E-state index contributed by atoms with van der Waals surface area (Å²) in [5.41, 5.74) is 0. The molecule has 0 saturated carbocycles. The van der Waals surface area contributed by atoms with Crippen molar-refractivity contribution in [1.29, 1.82) is 0 Å². The molecule has 14 heavy (non-hydrogen) atoms. The van der Waals surface area contributed by atoms with Crippen LogP contribution in [0.4, 0.5) is 0 Å². The Balaban J connectivity index is 1.99. The second kappa shape index (κ2) is 7.21. The highest BCUT2D eigenvalue weighted by molar-refractivity contribution is 4.74. The highest BCUT2D eigenvalue weighted by Gasteiger charge is 2.17. The minimum absolute atomic E-state index is 0.302. The summed E-state index contributed by atoms with van der Waals surface area (Å²) in [5, 5.41) is 12.0. The van der Waals surface area contributed by atoms with Gasteiger partial charge in [0.05, 0.1) is 0 Å². The van der Waals surface area contributed by atoms with Gasteiger partial charge in [-0.05, 0) is 52.4 Å². The molecule has 1 fully saturated rings. The largest absolute Gasteiger partial charge is 0.396 e. The standard InChI is InChI=1S/C11H24N2O/c1-13-9-3-2-5-11(13)6-8-12-7-4-10-14/h11-12,14H,2-10H2,1H3. The molecule has 0 aromatic carbocycles. The Morgan fingerprint density at radius 2 is 2.21 bits per heavy atom. The van der Waals surface area contributed by atoms with Crippen LogP contribution in [0.3, 0.4) is 0 Å². The van der Waals surface area contributed by atoms with Crippen molar-refractivity contribution in [3.63, 3.8) is 0 Å². The van der Waals surface area contributed by atoms with Gasteiger partial charge in [-0.1, -0.05) is 6.42 Å². The van der Waals surface area contributed by atoms with Crippen molar-refractivity contribution in [1.82, 2.24) is 10.2 Å². The van der Waals surface area contributed by atoms with Crippen LogP contribution in [-0.2, 0) is 0 Å². The molecule has 1 rings (SSSR count). The van der Waals surface area contributed by atoms with Crippen LogP contribution in [0.15, 0.2) is 0 Å². The predicted molar refractivity (Wildman–Crippen MR) is 59.5 cm³/mol. The molecule has 0 aliphatic carbocycles. The number of likely N-dealkylation sites (tertiary alicyclic amines) is 1. The van der Waals surface area contributed by atoms with E-state index in [1.165, 1.54) is 32.2 Å². The number of rotatable bonds is 6. The van der Waals surface area contributed by atoms with Crippen molar-refractivity contribution < 1.29 is 5.11 Å². The van der Waals surface area contributed by atoms with Gasteiger partial charge >= 0.3 is 0 Å². The SMILES string of the molecule is CN1CCCCC1CCNCCCO. The first-order chi connectivity index (χ1) is 6.84. The lowest BCUT2D eigenvalue weighted by molar-refractivity contribution is 0.175. The summed E-state index contributed by atoms with van der Waals surface area (Å²) in [6.07, 6.45) is 6.25. The van der Waals surface area contributed by atoms with E-state index in [0.29, 0.717) is 6.61 Å². The summed E-state index contributed by atoms with van der Waals surface area (Å²) in [4.78, 5) is 2.48. The van der Waals surface area contributed by atoms with Gasteiger partial charge in [0.1, 0.15) is 0 Å². The van der Waals surface area contributed by atoms with Gasteiger partial charge in [-0.3, -0.25) is 0 Å². The average Bonchev–Trinajstić information content (AvgIpc) is 2.20. The van der Waals surface area contributed by atoms with Gasteiger partial charge in [-0.15, -0.1) is 0 Å². The number of hydrogen-bond acceptors (Lipinski definition) is 3. The zero-order valence-electron chi connectivity index (χ0n) is 9.34. The van der Waals surface area contributed by atoms with E-state index >= 15 is 0 Å². The Morgan fingerprint density at radius 3 is 2.93 bits per heavy atom. The van der Waals surface area contributed by atoms with Crippen LogP contribution >= 0.6 is 0 Å². The Labute approximate surface area is 87.5 Å². The predicted octanol–water partition coefficient (Wildman–Crippen LogP) is 0.833. The van der Waals surface area contributed by atoms with Crippen molar-refractivity contribution in [2.45, 2.75) is 38.1 Å². The molecule has 1 atom stereocenters. The minimum Gasteiger partial charge on any atom is -0.396 e. The third-order valence-electron chi connectivity index (χ3n) is 3.09.